The minimum atomic E-state index is -0.952. The molecule has 0 amide bonds. The number of rotatable bonds is 4. The van der Waals surface area contributed by atoms with Gasteiger partial charge in [0.05, 0.1) is 22.5 Å². The standard InChI is InChI=1S/C23H23FN2O2/c1-26(19-5-3-2-4-6-19)21-14-17-13-16(23(27)28)9-12-20(17)25-22(21)15-7-10-18(24)11-8-15/h7-14,19H,2-6H2,1H3,(H,27,28). The van der Waals surface area contributed by atoms with Gasteiger partial charge in [-0.05, 0) is 61.4 Å². The van der Waals surface area contributed by atoms with Gasteiger partial charge in [0.2, 0.25) is 0 Å². The Morgan fingerprint density at radius 1 is 1.07 bits per heavy atom. The number of carbonyl (C=O) groups is 1. The van der Waals surface area contributed by atoms with Gasteiger partial charge in [-0.1, -0.05) is 19.3 Å². The molecule has 0 radical (unpaired) electrons. The molecule has 0 spiro atoms. The maximum atomic E-state index is 13.4. The molecule has 0 saturated heterocycles. The number of aromatic carboxylic acids is 1. The van der Waals surface area contributed by atoms with Gasteiger partial charge >= 0.3 is 5.97 Å². The van der Waals surface area contributed by atoms with E-state index in [4.69, 9.17) is 4.98 Å². The summed E-state index contributed by atoms with van der Waals surface area (Å²) in [4.78, 5) is 18.5. The van der Waals surface area contributed by atoms with E-state index in [0.717, 1.165) is 40.7 Å². The fourth-order valence-corrected chi connectivity index (χ4v) is 4.05. The normalized spacial score (nSPS) is 14.9. The lowest BCUT2D eigenvalue weighted by atomic mass is 9.93. The molecule has 3 aromatic rings. The third-order valence-electron chi connectivity index (χ3n) is 5.66. The first kappa shape index (κ1) is 18.4. The molecule has 5 heteroatoms. The van der Waals surface area contributed by atoms with Gasteiger partial charge in [-0.3, -0.25) is 0 Å². The van der Waals surface area contributed by atoms with Crippen molar-refractivity contribution in [3.63, 3.8) is 0 Å². The summed E-state index contributed by atoms with van der Waals surface area (Å²) in [5.74, 6) is -1.23. The number of nitrogens with zero attached hydrogens (tertiary/aromatic N) is 2. The highest BCUT2D eigenvalue weighted by Gasteiger charge is 2.22. The fraction of sp³-hybridized carbons (Fsp3) is 0.304. The highest BCUT2D eigenvalue weighted by molar-refractivity contribution is 5.96. The van der Waals surface area contributed by atoms with E-state index < -0.39 is 5.97 Å². The van der Waals surface area contributed by atoms with Gasteiger partial charge in [0.25, 0.3) is 0 Å². The fourth-order valence-electron chi connectivity index (χ4n) is 4.05. The molecule has 28 heavy (non-hydrogen) atoms. The molecule has 1 fully saturated rings. The van der Waals surface area contributed by atoms with Crippen molar-refractivity contribution < 1.29 is 14.3 Å². The van der Waals surface area contributed by atoms with Gasteiger partial charge in [0, 0.05) is 24.0 Å². The average molecular weight is 378 g/mol. The number of hydrogen-bond acceptors (Lipinski definition) is 3. The number of fused-ring (bicyclic) bond motifs is 1. The summed E-state index contributed by atoms with van der Waals surface area (Å²) < 4.78 is 13.4. The molecule has 1 N–H and O–H groups in total. The first-order chi connectivity index (χ1) is 13.5. The molecule has 1 aliphatic carbocycles. The van der Waals surface area contributed by atoms with Crippen LogP contribution in [0.2, 0.25) is 0 Å². The van der Waals surface area contributed by atoms with Crippen LogP contribution in [0.25, 0.3) is 22.2 Å². The number of hydrogen-bond donors (Lipinski definition) is 1. The van der Waals surface area contributed by atoms with Crippen LogP contribution in [-0.4, -0.2) is 29.1 Å². The SMILES string of the molecule is CN(c1cc2cc(C(=O)O)ccc2nc1-c1ccc(F)cc1)C1CCCCC1. The van der Waals surface area contributed by atoms with E-state index in [9.17, 15) is 14.3 Å². The summed E-state index contributed by atoms with van der Waals surface area (Å²) in [7, 11) is 2.08. The Labute approximate surface area is 163 Å². The Balaban J connectivity index is 1.87. The lowest BCUT2D eigenvalue weighted by molar-refractivity contribution is 0.0697. The van der Waals surface area contributed by atoms with Crippen LogP contribution in [0.4, 0.5) is 10.1 Å². The molecule has 4 rings (SSSR count). The van der Waals surface area contributed by atoms with Crippen LogP contribution in [-0.2, 0) is 0 Å². The summed E-state index contributed by atoms with van der Waals surface area (Å²) in [6, 6.07) is 13.8. The minimum Gasteiger partial charge on any atom is -0.478 e. The van der Waals surface area contributed by atoms with Crippen LogP contribution in [0.3, 0.4) is 0 Å². The van der Waals surface area contributed by atoms with Crippen LogP contribution in [0.5, 0.6) is 0 Å². The molecule has 0 unspecified atom stereocenters. The van der Waals surface area contributed by atoms with Crippen molar-refractivity contribution in [1.82, 2.24) is 4.98 Å². The van der Waals surface area contributed by atoms with Gasteiger partial charge in [0.15, 0.2) is 0 Å². The highest BCUT2D eigenvalue weighted by Crippen LogP contribution is 2.35. The van der Waals surface area contributed by atoms with Crippen LogP contribution in [0.1, 0.15) is 42.5 Å². The number of halogens is 1. The van der Waals surface area contributed by atoms with Gasteiger partial charge < -0.3 is 10.0 Å². The van der Waals surface area contributed by atoms with Crippen molar-refractivity contribution >= 4 is 22.6 Å². The zero-order valence-electron chi connectivity index (χ0n) is 15.9. The Bertz CT molecular complexity index is 1010. The average Bonchev–Trinajstić information content (AvgIpc) is 2.73. The Hall–Kier alpha value is -2.95. The van der Waals surface area contributed by atoms with E-state index >= 15 is 0 Å². The number of benzene rings is 2. The molecule has 0 bridgehead atoms. The molecule has 1 aliphatic rings. The minimum absolute atomic E-state index is 0.245. The van der Waals surface area contributed by atoms with Gasteiger partial charge in [0.1, 0.15) is 5.82 Å². The van der Waals surface area contributed by atoms with Gasteiger partial charge in [-0.2, -0.15) is 0 Å². The summed E-state index contributed by atoms with van der Waals surface area (Å²) in [6.45, 7) is 0. The van der Waals surface area contributed by atoms with E-state index in [-0.39, 0.29) is 11.4 Å². The Morgan fingerprint density at radius 3 is 2.46 bits per heavy atom. The van der Waals surface area contributed by atoms with Gasteiger partial charge in [-0.15, -0.1) is 0 Å². The van der Waals surface area contributed by atoms with Crippen LogP contribution < -0.4 is 4.90 Å². The van der Waals surface area contributed by atoms with E-state index in [2.05, 4.69) is 11.9 Å². The summed E-state index contributed by atoms with van der Waals surface area (Å²) >= 11 is 0. The second-order valence-corrected chi connectivity index (χ2v) is 7.48. The molecular formula is C23H23FN2O2. The molecule has 1 heterocycles. The summed E-state index contributed by atoms with van der Waals surface area (Å²) in [6.07, 6.45) is 5.96. The first-order valence-corrected chi connectivity index (χ1v) is 9.70. The molecule has 0 atom stereocenters. The predicted molar refractivity (Wildman–Crippen MR) is 109 cm³/mol. The maximum absolute atomic E-state index is 13.4. The van der Waals surface area contributed by atoms with Crippen molar-refractivity contribution in [2.45, 2.75) is 38.1 Å². The lowest BCUT2D eigenvalue weighted by Crippen LogP contribution is -2.33. The maximum Gasteiger partial charge on any atom is 0.335 e. The lowest BCUT2D eigenvalue weighted by Gasteiger charge is -2.34. The molecule has 1 saturated carbocycles. The zero-order valence-corrected chi connectivity index (χ0v) is 15.9. The van der Waals surface area contributed by atoms with Crippen molar-refractivity contribution in [2.24, 2.45) is 0 Å². The van der Waals surface area contributed by atoms with Crippen molar-refractivity contribution in [2.75, 3.05) is 11.9 Å². The number of pyridine rings is 1. The number of carboxylic acids is 1. The smallest absolute Gasteiger partial charge is 0.335 e. The number of carboxylic acid groups (broad SMARTS) is 1. The zero-order chi connectivity index (χ0) is 19.7. The quantitative estimate of drug-likeness (QED) is 0.650. The van der Waals surface area contributed by atoms with E-state index in [1.54, 1.807) is 30.3 Å². The van der Waals surface area contributed by atoms with Crippen molar-refractivity contribution in [3.8, 4) is 11.3 Å². The molecular weight excluding hydrogens is 355 g/mol. The largest absolute Gasteiger partial charge is 0.478 e. The van der Waals surface area contributed by atoms with Crippen LogP contribution in [0, 0.1) is 5.82 Å². The number of anilines is 1. The molecule has 1 aromatic heterocycles. The molecule has 2 aromatic carbocycles. The molecule has 144 valence electrons. The Kier molecular flexibility index (Phi) is 4.99. The third-order valence-corrected chi connectivity index (χ3v) is 5.66. The summed E-state index contributed by atoms with van der Waals surface area (Å²) in [5, 5.41) is 10.1. The molecule has 4 nitrogen and oxygen atoms in total. The van der Waals surface area contributed by atoms with E-state index in [1.165, 1.54) is 31.4 Å². The summed E-state index contributed by atoms with van der Waals surface area (Å²) in [5.41, 5.74) is 3.57. The Morgan fingerprint density at radius 2 is 1.79 bits per heavy atom. The van der Waals surface area contributed by atoms with E-state index in [0.29, 0.717) is 6.04 Å². The monoisotopic (exact) mass is 378 g/mol. The van der Waals surface area contributed by atoms with Crippen LogP contribution >= 0.6 is 0 Å². The van der Waals surface area contributed by atoms with Crippen molar-refractivity contribution in [3.05, 3.63) is 59.9 Å². The second-order valence-electron chi connectivity index (χ2n) is 7.48. The topological polar surface area (TPSA) is 53.4 Å². The highest BCUT2D eigenvalue weighted by atomic mass is 19.1. The number of aromatic nitrogens is 1. The van der Waals surface area contributed by atoms with Gasteiger partial charge in [-0.25, -0.2) is 14.2 Å². The van der Waals surface area contributed by atoms with Crippen molar-refractivity contribution in [1.29, 1.82) is 0 Å². The molecule has 0 aliphatic heterocycles. The van der Waals surface area contributed by atoms with Crippen LogP contribution in [0.15, 0.2) is 48.5 Å². The first-order valence-electron chi connectivity index (χ1n) is 9.70. The predicted octanol–water partition coefficient (Wildman–Crippen LogP) is 5.51. The second kappa shape index (κ2) is 7.58. The third kappa shape index (κ3) is 3.57. The van der Waals surface area contributed by atoms with E-state index in [1.807, 2.05) is 6.07 Å².